The van der Waals surface area contributed by atoms with Gasteiger partial charge in [-0.3, -0.25) is 4.79 Å². The quantitative estimate of drug-likeness (QED) is 0.723. The summed E-state index contributed by atoms with van der Waals surface area (Å²) in [4.78, 5) is 11.5. The van der Waals surface area contributed by atoms with Crippen LogP contribution in [0.4, 0.5) is 0 Å². The van der Waals surface area contributed by atoms with Crippen LogP contribution in [0, 0.1) is 0 Å². The Morgan fingerprint density at radius 2 is 2.30 bits per heavy atom. The summed E-state index contributed by atoms with van der Waals surface area (Å²) in [6, 6.07) is 6.07. The second kappa shape index (κ2) is 7.31. The molecule has 0 heterocycles. The first-order valence-corrected chi connectivity index (χ1v) is 7.09. The van der Waals surface area contributed by atoms with Gasteiger partial charge in [-0.1, -0.05) is 23.7 Å². The van der Waals surface area contributed by atoms with E-state index >= 15 is 0 Å². The first-order chi connectivity index (χ1) is 9.70. The number of hydrogen-bond donors (Lipinski definition) is 2. The molecule has 1 aromatic rings. The SMILES string of the molecule is C=CCNC(=O)COc1cccc(Cl)c1CNC1CC1. The summed E-state index contributed by atoms with van der Waals surface area (Å²) in [5.41, 5.74) is 0.901. The number of rotatable bonds is 8. The van der Waals surface area contributed by atoms with Crippen molar-refractivity contribution in [3.8, 4) is 5.75 Å². The van der Waals surface area contributed by atoms with E-state index in [1.54, 1.807) is 6.08 Å². The van der Waals surface area contributed by atoms with E-state index in [-0.39, 0.29) is 12.5 Å². The third kappa shape index (κ3) is 4.54. The van der Waals surface area contributed by atoms with Gasteiger partial charge in [0, 0.05) is 29.7 Å². The number of halogens is 1. The molecule has 0 bridgehead atoms. The highest BCUT2D eigenvalue weighted by molar-refractivity contribution is 6.31. The first kappa shape index (κ1) is 14.9. The van der Waals surface area contributed by atoms with Gasteiger partial charge in [-0.05, 0) is 25.0 Å². The normalized spacial score (nSPS) is 13.8. The third-order valence-electron chi connectivity index (χ3n) is 3.02. The summed E-state index contributed by atoms with van der Waals surface area (Å²) >= 11 is 6.20. The van der Waals surface area contributed by atoms with Crippen LogP contribution in [0.3, 0.4) is 0 Å². The van der Waals surface area contributed by atoms with E-state index in [0.717, 1.165) is 5.56 Å². The Morgan fingerprint density at radius 1 is 1.50 bits per heavy atom. The zero-order valence-corrected chi connectivity index (χ0v) is 12.1. The van der Waals surface area contributed by atoms with Crippen LogP contribution in [0.2, 0.25) is 5.02 Å². The molecule has 5 heteroatoms. The van der Waals surface area contributed by atoms with Gasteiger partial charge in [-0.15, -0.1) is 6.58 Å². The van der Waals surface area contributed by atoms with Gasteiger partial charge in [0.2, 0.25) is 0 Å². The van der Waals surface area contributed by atoms with Crippen LogP contribution in [-0.4, -0.2) is 25.1 Å². The predicted octanol–water partition coefficient (Wildman–Crippen LogP) is 2.27. The smallest absolute Gasteiger partial charge is 0.258 e. The molecule has 1 aromatic carbocycles. The molecule has 0 atom stereocenters. The number of carbonyl (C=O) groups excluding carboxylic acids is 1. The van der Waals surface area contributed by atoms with Gasteiger partial charge in [0.25, 0.3) is 5.91 Å². The zero-order chi connectivity index (χ0) is 14.4. The molecule has 1 saturated carbocycles. The largest absolute Gasteiger partial charge is 0.483 e. The van der Waals surface area contributed by atoms with Crippen LogP contribution in [0.5, 0.6) is 5.75 Å². The van der Waals surface area contributed by atoms with E-state index in [2.05, 4.69) is 17.2 Å². The van der Waals surface area contributed by atoms with E-state index in [1.807, 2.05) is 18.2 Å². The fourth-order valence-corrected chi connectivity index (χ4v) is 1.99. The number of carbonyl (C=O) groups is 1. The van der Waals surface area contributed by atoms with E-state index in [4.69, 9.17) is 16.3 Å². The maximum atomic E-state index is 11.5. The van der Waals surface area contributed by atoms with E-state index < -0.39 is 0 Å². The summed E-state index contributed by atoms with van der Waals surface area (Å²) in [6.07, 6.45) is 4.05. The maximum Gasteiger partial charge on any atom is 0.258 e. The summed E-state index contributed by atoms with van der Waals surface area (Å²) in [6.45, 7) is 4.62. The molecule has 0 unspecified atom stereocenters. The van der Waals surface area contributed by atoms with E-state index in [0.29, 0.717) is 29.9 Å². The average molecular weight is 295 g/mol. The highest BCUT2D eigenvalue weighted by atomic mass is 35.5. The summed E-state index contributed by atoms with van der Waals surface area (Å²) in [5, 5.41) is 6.72. The molecule has 2 N–H and O–H groups in total. The van der Waals surface area contributed by atoms with E-state index in [1.165, 1.54) is 12.8 Å². The lowest BCUT2D eigenvalue weighted by molar-refractivity contribution is -0.122. The zero-order valence-electron chi connectivity index (χ0n) is 11.3. The molecule has 108 valence electrons. The fourth-order valence-electron chi connectivity index (χ4n) is 1.76. The predicted molar refractivity (Wildman–Crippen MR) is 80.0 cm³/mol. The molecule has 0 aliphatic heterocycles. The van der Waals surface area contributed by atoms with Crippen molar-refractivity contribution in [2.45, 2.75) is 25.4 Å². The Hall–Kier alpha value is -1.52. The molecular formula is C15H19ClN2O2. The highest BCUT2D eigenvalue weighted by Gasteiger charge is 2.21. The Bertz CT molecular complexity index is 487. The van der Waals surface area contributed by atoms with Crippen molar-refractivity contribution >= 4 is 17.5 Å². The molecule has 0 spiro atoms. The molecule has 1 aliphatic carbocycles. The number of benzene rings is 1. The van der Waals surface area contributed by atoms with E-state index in [9.17, 15) is 4.79 Å². The third-order valence-corrected chi connectivity index (χ3v) is 3.38. The van der Waals surface area contributed by atoms with Crippen LogP contribution >= 0.6 is 11.6 Å². The second-order valence-corrected chi connectivity index (χ2v) is 5.16. The molecule has 1 amide bonds. The molecular weight excluding hydrogens is 276 g/mol. The maximum absolute atomic E-state index is 11.5. The first-order valence-electron chi connectivity index (χ1n) is 6.72. The van der Waals surface area contributed by atoms with Gasteiger partial charge in [-0.25, -0.2) is 0 Å². The molecule has 2 rings (SSSR count). The van der Waals surface area contributed by atoms with Crippen molar-refractivity contribution in [1.82, 2.24) is 10.6 Å². The average Bonchev–Trinajstić information content (AvgIpc) is 3.26. The molecule has 4 nitrogen and oxygen atoms in total. The molecule has 0 saturated heterocycles. The monoisotopic (exact) mass is 294 g/mol. The van der Waals surface area contributed by atoms with Crippen molar-refractivity contribution in [3.63, 3.8) is 0 Å². The van der Waals surface area contributed by atoms with Gasteiger partial charge >= 0.3 is 0 Å². The highest BCUT2D eigenvalue weighted by Crippen LogP contribution is 2.28. The van der Waals surface area contributed by atoms with Crippen molar-refractivity contribution in [2.75, 3.05) is 13.2 Å². The fraction of sp³-hybridized carbons (Fsp3) is 0.400. The van der Waals surface area contributed by atoms with Crippen LogP contribution in [0.1, 0.15) is 18.4 Å². The van der Waals surface area contributed by atoms with Gasteiger partial charge < -0.3 is 15.4 Å². The van der Waals surface area contributed by atoms with Crippen LogP contribution in [-0.2, 0) is 11.3 Å². The summed E-state index contributed by atoms with van der Waals surface area (Å²) in [5.74, 6) is 0.477. The molecule has 1 aliphatic rings. The van der Waals surface area contributed by atoms with Gasteiger partial charge in [0.05, 0.1) is 0 Å². The van der Waals surface area contributed by atoms with Gasteiger partial charge in [0.15, 0.2) is 6.61 Å². The minimum Gasteiger partial charge on any atom is -0.483 e. The number of hydrogen-bond acceptors (Lipinski definition) is 3. The molecule has 0 aromatic heterocycles. The summed E-state index contributed by atoms with van der Waals surface area (Å²) < 4.78 is 5.56. The standard InChI is InChI=1S/C15H19ClN2O2/c1-2-8-17-15(19)10-20-14-5-3-4-13(16)12(14)9-18-11-6-7-11/h2-5,11,18H,1,6-10H2,(H,17,19). The Morgan fingerprint density at radius 3 is 3.00 bits per heavy atom. The number of amides is 1. The number of ether oxygens (including phenoxy) is 1. The Labute approximate surface area is 124 Å². The molecule has 1 fully saturated rings. The summed E-state index contributed by atoms with van der Waals surface area (Å²) in [7, 11) is 0. The van der Waals surface area contributed by atoms with Crippen LogP contribution < -0.4 is 15.4 Å². The lowest BCUT2D eigenvalue weighted by atomic mass is 10.2. The lowest BCUT2D eigenvalue weighted by Gasteiger charge is -2.13. The topological polar surface area (TPSA) is 50.4 Å². The minimum absolute atomic E-state index is 0.0232. The second-order valence-electron chi connectivity index (χ2n) is 4.75. The van der Waals surface area contributed by atoms with Gasteiger partial charge in [-0.2, -0.15) is 0 Å². The van der Waals surface area contributed by atoms with Crippen LogP contribution in [0.25, 0.3) is 0 Å². The van der Waals surface area contributed by atoms with Gasteiger partial charge in [0.1, 0.15) is 5.75 Å². The minimum atomic E-state index is -0.175. The van der Waals surface area contributed by atoms with Crippen molar-refractivity contribution < 1.29 is 9.53 Å². The molecule has 20 heavy (non-hydrogen) atoms. The van der Waals surface area contributed by atoms with Crippen molar-refractivity contribution in [3.05, 3.63) is 41.4 Å². The van der Waals surface area contributed by atoms with Crippen molar-refractivity contribution in [1.29, 1.82) is 0 Å². The lowest BCUT2D eigenvalue weighted by Crippen LogP contribution is -2.29. The van der Waals surface area contributed by atoms with Crippen LogP contribution in [0.15, 0.2) is 30.9 Å². The Balaban J connectivity index is 1.93. The molecule has 0 radical (unpaired) electrons. The Kier molecular flexibility index (Phi) is 5.44. The van der Waals surface area contributed by atoms with Crippen molar-refractivity contribution in [2.24, 2.45) is 0 Å². The number of nitrogens with one attached hydrogen (secondary N) is 2.